The monoisotopic (exact) mass is 401 g/mol. The average molecular weight is 401 g/mol. The summed E-state index contributed by atoms with van der Waals surface area (Å²) < 4.78 is 44.6. The van der Waals surface area contributed by atoms with Crippen LogP contribution in [0.3, 0.4) is 0 Å². The van der Waals surface area contributed by atoms with Gasteiger partial charge in [-0.05, 0) is 60.0 Å². The van der Waals surface area contributed by atoms with Gasteiger partial charge in [-0.3, -0.25) is 9.88 Å². The number of nitrogens with two attached hydrogens (primary N) is 1. The molecule has 1 heterocycles. The molecule has 0 spiro atoms. The summed E-state index contributed by atoms with van der Waals surface area (Å²) in [6.45, 7) is 0. The summed E-state index contributed by atoms with van der Waals surface area (Å²) in [4.78, 5) is 17.1. The van der Waals surface area contributed by atoms with Gasteiger partial charge in [-0.25, -0.2) is 4.79 Å². The molecule has 0 fully saturated rings. The highest BCUT2D eigenvalue weighted by atomic mass is 19.4. The van der Waals surface area contributed by atoms with Crippen LogP contribution in [0.2, 0.25) is 0 Å². The van der Waals surface area contributed by atoms with E-state index < -0.39 is 17.8 Å². The van der Waals surface area contributed by atoms with Gasteiger partial charge in [0, 0.05) is 12.4 Å². The molecule has 1 aromatic heterocycles. The number of carbonyl (C=O) groups excluding carboxylic acids is 1. The Morgan fingerprint density at radius 3 is 2.21 bits per heavy atom. The van der Waals surface area contributed by atoms with Gasteiger partial charge in [0.2, 0.25) is 0 Å². The summed E-state index contributed by atoms with van der Waals surface area (Å²) in [6, 6.07) is 12.6. The number of halogens is 3. The number of ether oxygens (including phenoxy) is 1. The minimum Gasteiger partial charge on any atom is -0.495 e. The third-order valence-electron chi connectivity index (χ3n) is 4.32. The Balaban J connectivity index is 1.97. The highest BCUT2D eigenvalue weighted by Crippen LogP contribution is 2.39. The minimum absolute atomic E-state index is 0.0864. The Hall–Kier alpha value is -3.55. The van der Waals surface area contributed by atoms with Crippen LogP contribution >= 0.6 is 0 Å². The van der Waals surface area contributed by atoms with E-state index in [0.29, 0.717) is 12.1 Å². The van der Waals surface area contributed by atoms with Crippen molar-refractivity contribution in [1.82, 2.24) is 4.98 Å². The third-order valence-corrected chi connectivity index (χ3v) is 4.32. The van der Waals surface area contributed by atoms with Gasteiger partial charge < -0.3 is 10.5 Å². The second-order valence-electron chi connectivity index (χ2n) is 6.26. The molecule has 8 heteroatoms. The van der Waals surface area contributed by atoms with Crippen LogP contribution < -0.4 is 15.4 Å². The van der Waals surface area contributed by atoms with Crippen molar-refractivity contribution in [3.05, 3.63) is 83.7 Å². The number of methoxy groups -OCH3 is 1. The molecule has 2 amide bonds. The lowest BCUT2D eigenvalue weighted by atomic mass is 10.1. The van der Waals surface area contributed by atoms with E-state index in [4.69, 9.17) is 10.5 Å². The first kappa shape index (κ1) is 20.2. The molecule has 0 atom stereocenters. The molecule has 0 aliphatic heterocycles. The molecule has 5 nitrogen and oxygen atoms in total. The van der Waals surface area contributed by atoms with E-state index in [1.807, 2.05) is 12.1 Å². The number of urea groups is 1. The first-order valence-electron chi connectivity index (χ1n) is 8.62. The van der Waals surface area contributed by atoms with E-state index in [1.165, 1.54) is 7.11 Å². The number of nitrogens with zero attached hydrogens (tertiary/aromatic N) is 2. The lowest BCUT2D eigenvalue weighted by Gasteiger charge is -2.24. The molecular formula is C21H18F3N3O2. The summed E-state index contributed by atoms with van der Waals surface area (Å²) in [6.07, 6.45) is -0.540. The van der Waals surface area contributed by atoms with Crippen molar-refractivity contribution >= 4 is 17.4 Å². The highest BCUT2D eigenvalue weighted by Gasteiger charge is 2.32. The molecule has 29 heavy (non-hydrogen) atoms. The van der Waals surface area contributed by atoms with Crippen molar-refractivity contribution in [3.8, 4) is 5.75 Å². The molecule has 0 bridgehead atoms. The number of primary amides is 1. The molecule has 150 valence electrons. The summed E-state index contributed by atoms with van der Waals surface area (Å²) in [5.74, 6) is 0.0951. The van der Waals surface area contributed by atoms with E-state index in [0.717, 1.165) is 34.2 Å². The number of rotatable bonds is 5. The van der Waals surface area contributed by atoms with E-state index in [2.05, 4.69) is 4.98 Å². The predicted octanol–water partition coefficient (Wildman–Crippen LogP) is 4.92. The smallest absolute Gasteiger partial charge is 0.416 e. The number of hydrogen-bond donors (Lipinski definition) is 1. The lowest BCUT2D eigenvalue weighted by molar-refractivity contribution is -0.137. The van der Waals surface area contributed by atoms with Gasteiger partial charge in [0.1, 0.15) is 5.75 Å². The van der Waals surface area contributed by atoms with Crippen LogP contribution in [-0.4, -0.2) is 18.1 Å². The largest absolute Gasteiger partial charge is 0.495 e. The standard InChI is InChI=1S/C21H18F3N3O2/c1-29-19-7-4-16(21(22,23)24)13-18(19)27(20(25)28)17-5-2-14(3-6-17)12-15-8-10-26-11-9-15/h2-11,13H,12H2,1H3,(H2,25,28). The number of anilines is 2. The van der Waals surface area contributed by atoms with Crippen LogP contribution in [0.1, 0.15) is 16.7 Å². The SMILES string of the molecule is COc1ccc(C(F)(F)F)cc1N(C(N)=O)c1ccc(Cc2ccncc2)cc1. The number of hydrogen-bond acceptors (Lipinski definition) is 3. The van der Waals surface area contributed by atoms with Gasteiger partial charge in [0.15, 0.2) is 0 Å². The molecule has 0 radical (unpaired) electrons. The van der Waals surface area contributed by atoms with Crippen LogP contribution in [0.5, 0.6) is 5.75 Å². The van der Waals surface area contributed by atoms with Crippen molar-refractivity contribution in [2.45, 2.75) is 12.6 Å². The van der Waals surface area contributed by atoms with Gasteiger partial charge in [0.05, 0.1) is 24.0 Å². The number of aromatic nitrogens is 1. The number of alkyl halides is 3. The maximum absolute atomic E-state index is 13.2. The topological polar surface area (TPSA) is 68.5 Å². The van der Waals surface area contributed by atoms with Crippen molar-refractivity contribution < 1.29 is 22.7 Å². The summed E-state index contributed by atoms with van der Waals surface area (Å²) in [7, 11) is 1.31. The van der Waals surface area contributed by atoms with Crippen LogP contribution in [0.25, 0.3) is 0 Å². The zero-order valence-electron chi connectivity index (χ0n) is 15.5. The van der Waals surface area contributed by atoms with Crippen LogP contribution in [0, 0.1) is 0 Å². The first-order chi connectivity index (χ1) is 13.8. The Morgan fingerprint density at radius 2 is 1.66 bits per heavy atom. The second kappa shape index (κ2) is 8.22. The van der Waals surface area contributed by atoms with E-state index >= 15 is 0 Å². The van der Waals surface area contributed by atoms with Crippen molar-refractivity contribution in [2.75, 3.05) is 12.0 Å². The Labute approximate surface area is 165 Å². The van der Waals surface area contributed by atoms with Crippen molar-refractivity contribution in [2.24, 2.45) is 5.73 Å². The van der Waals surface area contributed by atoms with Crippen LogP contribution in [-0.2, 0) is 12.6 Å². The molecule has 0 saturated heterocycles. The summed E-state index contributed by atoms with van der Waals surface area (Å²) in [5.41, 5.74) is 6.83. The molecule has 2 N–H and O–H groups in total. The first-order valence-corrected chi connectivity index (χ1v) is 8.62. The van der Waals surface area contributed by atoms with Crippen molar-refractivity contribution in [3.63, 3.8) is 0 Å². The zero-order valence-corrected chi connectivity index (χ0v) is 15.5. The van der Waals surface area contributed by atoms with Gasteiger partial charge >= 0.3 is 12.2 Å². The quantitative estimate of drug-likeness (QED) is 0.660. The van der Waals surface area contributed by atoms with Gasteiger partial charge in [-0.15, -0.1) is 0 Å². The Bertz CT molecular complexity index is 990. The predicted molar refractivity (Wildman–Crippen MR) is 103 cm³/mol. The lowest BCUT2D eigenvalue weighted by Crippen LogP contribution is -2.32. The molecule has 2 aromatic carbocycles. The second-order valence-corrected chi connectivity index (χ2v) is 6.26. The van der Waals surface area contributed by atoms with Gasteiger partial charge in [-0.1, -0.05) is 12.1 Å². The number of pyridine rings is 1. The van der Waals surface area contributed by atoms with Crippen LogP contribution in [0.4, 0.5) is 29.3 Å². The fraction of sp³-hybridized carbons (Fsp3) is 0.143. The van der Waals surface area contributed by atoms with Gasteiger partial charge in [-0.2, -0.15) is 13.2 Å². The molecule has 0 aliphatic rings. The fourth-order valence-corrected chi connectivity index (χ4v) is 2.93. The summed E-state index contributed by atoms with van der Waals surface area (Å²) >= 11 is 0. The van der Waals surface area contributed by atoms with Crippen molar-refractivity contribution in [1.29, 1.82) is 0 Å². The third kappa shape index (κ3) is 4.66. The zero-order chi connectivity index (χ0) is 21.0. The minimum atomic E-state index is -4.57. The molecule has 0 saturated carbocycles. The maximum atomic E-state index is 13.2. The maximum Gasteiger partial charge on any atom is 0.416 e. The van der Waals surface area contributed by atoms with Gasteiger partial charge in [0.25, 0.3) is 0 Å². The van der Waals surface area contributed by atoms with E-state index in [1.54, 1.807) is 36.7 Å². The normalized spacial score (nSPS) is 11.2. The Kier molecular flexibility index (Phi) is 5.72. The number of amides is 2. The molecular weight excluding hydrogens is 383 g/mol. The molecule has 3 aromatic rings. The Morgan fingerprint density at radius 1 is 1.03 bits per heavy atom. The summed E-state index contributed by atoms with van der Waals surface area (Å²) in [5, 5.41) is 0. The molecule has 3 rings (SSSR count). The molecule has 0 unspecified atom stereocenters. The highest BCUT2D eigenvalue weighted by molar-refractivity contribution is 6.00. The number of benzene rings is 2. The van der Waals surface area contributed by atoms with Crippen LogP contribution in [0.15, 0.2) is 67.0 Å². The molecule has 0 aliphatic carbocycles. The average Bonchev–Trinajstić information content (AvgIpc) is 2.69. The number of carbonyl (C=O) groups is 1. The van der Waals surface area contributed by atoms with E-state index in [-0.39, 0.29) is 11.4 Å². The fourth-order valence-electron chi connectivity index (χ4n) is 2.93. The van der Waals surface area contributed by atoms with E-state index in [9.17, 15) is 18.0 Å².